The van der Waals surface area contributed by atoms with Gasteiger partial charge in [0.2, 0.25) is 0 Å². The monoisotopic (exact) mass is 195 g/mol. The van der Waals surface area contributed by atoms with Crippen LogP contribution in [0.4, 0.5) is 0 Å². The molecule has 80 valence electrons. The second kappa shape index (κ2) is 5.15. The predicted molar refractivity (Wildman–Crippen MR) is 59.0 cm³/mol. The van der Waals surface area contributed by atoms with Crippen molar-refractivity contribution in [3.8, 4) is 0 Å². The van der Waals surface area contributed by atoms with Crippen molar-refractivity contribution >= 4 is 0 Å². The van der Waals surface area contributed by atoms with Crippen LogP contribution >= 0.6 is 0 Å². The SMILES string of the molecule is CC(C)C(N)CCCc1cnn(C)c1. The molecule has 0 amide bonds. The lowest BCUT2D eigenvalue weighted by molar-refractivity contribution is 0.452. The molecular formula is C11H21N3. The molecule has 1 rings (SSSR count). The van der Waals surface area contributed by atoms with Gasteiger partial charge in [-0.15, -0.1) is 0 Å². The van der Waals surface area contributed by atoms with Crippen molar-refractivity contribution < 1.29 is 0 Å². The molecule has 1 atom stereocenters. The van der Waals surface area contributed by atoms with Crippen LogP contribution in [0.2, 0.25) is 0 Å². The highest BCUT2D eigenvalue weighted by Gasteiger charge is 2.06. The first kappa shape index (κ1) is 11.2. The van der Waals surface area contributed by atoms with E-state index < -0.39 is 0 Å². The Balaban J connectivity index is 2.22. The van der Waals surface area contributed by atoms with E-state index in [9.17, 15) is 0 Å². The molecule has 0 aliphatic heterocycles. The van der Waals surface area contributed by atoms with Crippen LogP contribution in [0.3, 0.4) is 0 Å². The van der Waals surface area contributed by atoms with Gasteiger partial charge in [-0.1, -0.05) is 13.8 Å². The molecule has 1 aromatic heterocycles. The molecule has 2 N–H and O–H groups in total. The zero-order valence-electron chi connectivity index (χ0n) is 9.40. The number of hydrogen-bond donors (Lipinski definition) is 1. The molecule has 1 aromatic rings. The summed E-state index contributed by atoms with van der Waals surface area (Å²) in [4.78, 5) is 0. The van der Waals surface area contributed by atoms with Crippen LogP contribution in [0.15, 0.2) is 12.4 Å². The summed E-state index contributed by atoms with van der Waals surface area (Å²) in [6, 6.07) is 0.340. The first-order chi connectivity index (χ1) is 6.59. The van der Waals surface area contributed by atoms with Crippen LogP contribution in [0, 0.1) is 5.92 Å². The lowest BCUT2D eigenvalue weighted by atomic mass is 9.98. The van der Waals surface area contributed by atoms with Crippen molar-refractivity contribution in [1.82, 2.24) is 9.78 Å². The van der Waals surface area contributed by atoms with E-state index in [1.807, 2.05) is 17.9 Å². The smallest absolute Gasteiger partial charge is 0.0521 e. The second-order valence-electron chi connectivity index (χ2n) is 4.32. The molecule has 0 radical (unpaired) electrons. The number of nitrogens with zero attached hydrogens (tertiary/aromatic N) is 2. The van der Waals surface area contributed by atoms with E-state index in [2.05, 4.69) is 25.1 Å². The summed E-state index contributed by atoms with van der Waals surface area (Å²) in [5, 5.41) is 4.13. The lowest BCUT2D eigenvalue weighted by Gasteiger charge is -2.14. The molecule has 0 fully saturated rings. The first-order valence-electron chi connectivity index (χ1n) is 5.32. The maximum Gasteiger partial charge on any atom is 0.0521 e. The van der Waals surface area contributed by atoms with Gasteiger partial charge in [0.05, 0.1) is 6.20 Å². The number of aryl methyl sites for hydroxylation is 2. The van der Waals surface area contributed by atoms with Crippen molar-refractivity contribution in [3.63, 3.8) is 0 Å². The third-order valence-electron chi connectivity index (χ3n) is 2.62. The Hall–Kier alpha value is -0.830. The van der Waals surface area contributed by atoms with Crippen LogP contribution in [0.1, 0.15) is 32.3 Å². The molecule has 0 saturated carbocycles. The van der Waals surface area contributed by atoms with Crippen molar-refractivity contribution in [2.45, 2.75) is 39.2 Å². The van der Waals surface area contributed by atoms with Gasteiger partial charge in [-0.25, -0.2) is 0 Å². The molecule has 0 aliphatic rings. The van der Waals surface area contributed by atoms with Crippen LogP contribution in [0.25, 0.3) is 0 Å². The van der Waals surface area contributed by atoms with Gasteiger partial charge in [0.25, 0.3) is 0 Å². The summed E-state index contributed by atoms with van der Waals surface area (Å²) in [5.74, 6) is 0.587. The molecule has 1 heterocycles. The minimum absolute atomic E-state index is 0.340. The molecule has 0 aromatic carbocycles. The Labute approximate surface area is 86.3 Å². The van der Waals surface area contributed by atoms with E-state index in [4.69, 9.17) is 5.73 Å². The van der Waals surface area contributed by atoms with Crippen LogP contribution in [0.5, 0.6) is 0 Å². The highest BCUT2D eigenvalue weighted by Crippen LogP contribution is 2.09. The molecule has 1 unspecified atom stereocenters. The summed E-state index contributed by atoms with van der Waals surface area (Å²) >= 11 is 0. The van der Waals surface area contributed by atoms with Gasteiger partial charge in [-0.2, -0.15) is 5.10 Å². The average Bonchev–Trinajstić information content (AvgIpc) is 2.51. The van der Waals surface area contributed by atoms with E-state index in [0.29, 0.717) is 12.0 Å². The molecule has 0 bridgehead atoms. The fourth-order valence-corrected chi connectivity index (χ4v) is 1.48. The van der Waals surface area contributed by atoms with Gasteiger partial charge in [0.1, 0.15) is 0 Å². The average molecular weight is 195 g/mol. The van der Waals surface area contributed by atoms with E-state index in [1.54, 1.807) is 0 Å². The summed E-state index contributed by atoms with van der Waals surface area (Å²) in [7, 11) is 1.95. The summed E-state index contributed by atoms with van der Waals surface area (Å²) in [6.07, 6.45) is 7.35. The minimum atomic E-state index is 0.340. The molecule has 0 saturated heterocycles. The van der Waals surface area contributed by atoms with E-state index in [1.165, 1.54) is 5.56 Å². The molecular weight excluding hydrogens is 174 g/mol. The Bertz CT molecular complexity index is 265. The standard InChI is InChI=1S/C11H21N3/c1-9(2)11(12)6-4-5-10-7-13-14(3)8-10/h7-9,11H,4-6,12H2,1-3H3. The largest absolute Gasteiger partial charge is 0.327 e. The quantitative estimate of drug-likeness (QED) is 0.777. The van der Waals surface area contributed by atoms with Gasteiger partial charge in [-0.3, -0.25) is 4.68 Å². The van der Waals surface area contributed by atoms with E-state index >= 15 is 0 Å². The number of aromatic nitrogens is 2. The number of hydrogen-bond acceptors (Lipinski definition) is 2. The number of rotatable bonds is 5. The van der Waals surface area contributed by atoms with Gasteiger partial charge < -0.3 is 5.73 Å². The van der Waals surface area contributed by atoms with Crippen molar-refractivity contribution in [2.24, 2.45) is 18.7 Å². The van der Waals surface area contributed by atoms with Crippen molar-refractivity contribution in [1.29, 1.82) is 0 Å². The Morgan fingerprint density at radius 2 is 2.21 bits per heavy atom. The number of nitrogens with two attached hydrogens (primary N) is 1. The van der Waals surface area contributed by atoms with Gasteiger partial charge in [-0.05, 0) is 30.7 Å². The van der Waals surface area contributed by atoms with E-state index in [0.717, 1.165) is 19.3 Å². The van der Waals surface area contributed by atoms with Gasteiger partial charge in [0.15, 0.2) is 0 Å². The second-order valence-corrected chi connectivity index (χ2v) is 4.32. The Morgan fingerprint density at radius 3 is 2.71 bits per heavy atom. The van der Waals surface area contributed by atoms with Crippen molar-refractivity contribution in [3.05, 3.63) is 18.0 Å². The van der Waals surface area contributed by atoms with Gasteiger partial charge in [0, 0.05) is 19.3 Å². The molecule has 0 aliphatic carbocycles. The fourth-order valence-electron chi connectivity index (χ4n) is 1.48. The zero-order chi connectivity index (χ0) is 10.6. The summed E-state index contributed by atoms with van der Waals surface area (Å²) in [6.45, 7) is 4.35. The van der Waals surface area contributed by atoms with Crippen LogP contribution < -0.4 is 5.73 Å². The van der Waals surface area contributed by atoms with Crippen LogP contribution in [-0.2, 0) is 13.5 Å². The first-order valence-corrected chi connectivity index (χ1v) is 5.32. The normalized spacial score (nSPS) is 13.5. The minimum Gasteiger partial charge on any atom is -0.327 e. The molecule has 3 heteroatoms. The third-order valence-corrected chi connectivity index (χ3v) is 2.62. The van der Waals surface area contributed by atoms with Crippen molar-refractivity contribution in [2.75, 3.05) is 0 Å². The maximum absolute atomic E-state index is 5.97. The maximum atomic E-state index is 5.97. The van der Waals surface area contributed by atoms with Gasteiger partial charge >= 0.3 is 0 Å². The summed E-state index contributed by atoms with van der Waals surface area (Å²) < 4.78 is 1.84. The predicted octanol–water partition coefficient (Wildman–Crippen LogP) is 1.73. The Morgan fingerprint density at radius 1 is 1.50 bits per heavy atom. The third kappa shape index (κ3) is 3.50. The molecule has 0 spiro atoms. The lowest BCUT2D eigenvalue weighted by Crippen LogP contribution is -2.26. The fraction of sp³-hybridized carbons (Fsp3) is 0.727. The molecule has 14 heavy (non-hydrogen) atoms. The topological polar surface area (TPSA) is 43.8 Å². The summed E-state index contributed by atoms with van der Waals surface area (Å²) in [5.41, 5.74) is 7.27. The molecule has 3 nitrogen and oxygen atoms in total. The zero-order valence-corrected chi connectivity index (χ0v) is 9.40. The highest BCUT2D eigenvalue weighted by molar-refractivity contribution is 5.03. The van der Waals surface area contributed by atoms with E-state index in [-0.39, 0.29) is 0 Å². The van der Waals surface area contributed by atoms with Crippen LogP contribution in [-0.4, -0.2) is 15.8 Å². The highest BCUT2D eigenvalue weighted by atomic mass is 15.2. The Kier molecular flexibility index (Phi) is 4.14.